The van der Waals surface area contributed by atoms with Gasteiger partial charge in [0.05, 0.1) is 24.7 Å². The molecule has 31 heavy (non-hydrogen) atoms. The largest absolute Gasteiger partial charge is 0.361 e. The molecule has 2 amide bonds. The van der Waals surface area contributed by atoms with Gasteiger partial charge in [0.25, 0.3) is 5.91 Å². The highest BCUT2D eigenvalue weighted by molar-refractivity contribution is 5.95. The summed E-state index contributed by atoms with van der Waals surface area (Å²) in [6.07, 6.45) is 3.21. The van der Waals surface area contributed by atoms with E-state index < -0.39 is 11.4 Å². The van der Waals surface area contributed by atoms with Crippen molar-refractivity contribution < 1.29 is 18.5 Å². The first-order chi connectivity index (χ1) is 14.9. The van der Waals surface area contributed by atoms with Gasteiger partial charge in [-0.15, -0.1) is 0 Å². The zero-order valence-corrected chi connectivity index (χ0v) is 17.1. The highest BCUT2D eigenvalue weighted by Gasteiger charge is 2.46. The summed E-state index contributed by atoms with van der Waals surface area (Å²) in [6, 6.07) is 9.38. The van der Waals surface area contributed by atoms with Gasteiger partial charge in [0.1, 0.15) is 23.1 Å². The maximum atomic E-state index is 13.5. The van der Waals surface area contributed by atoms with E-state index in [1.807, 2.05) is 23.7 Å². The number of rotatable bonds is 3. The van der Waals surface area contributed by atoms with Gasteiger partial charge in [-0.2, -0.15) is 5.10 Å². The van der Waals surface area contributed by atoms with Crippen molar-refractivity contribution in [3.05, 3.63) is 65.4 Å². The minimum atomic E-state index is -0.467. The predicted octanol–water partition coefficient (Wildman–Crippen LogP) is 2.89. The van der Waals surface area contributed by atoms with E-state index in [1.165, 1.54) is 18.2 Å². The summed E-state index contributed by atoms with van der Waals surface area (Å²) in [4.78, 5) is 29.3. The number of hydrogen-bond acceptors (Lipinski definition) is 5. The van der Waals surface area contributed by atoms with Crippen molar-refractivity contribution in [2.45, 2.75) is 38.3 Å². The Hall–Kier alpha value is -3.49. The van der Waals surface area contributed by atoms with Gasteiger partial charge in [-0.25, -0.2) is 9.07 Å². The summed E-state index contributed by atoms with van der Waals surface area (Å²) in [5.41, 5.74) is 0.555. The molecule has 1 aromatic carbocycles. The number of likely N-dealkylation sites (tertiary alicyclic amines) is 1. The van der Waals surface area contributed by atoms with Crippen LogP contribution in [0.5, 0.6) is 0 Å². The lowest BCUT2D eigenvalue weighted by Gasteiger charge is -2.46. The summed E-state index contributed by atoms with van der Waals surface area (Å²) in [5, 5.41) is 8.53. The summed E-state index contributed by atoms with van der Waals surface area (Å²) >= 11 is 0. The zero-order chi connectivity index (χ0) is 21.6. The molecular weight excluding hydrogens is 401 g/mol. The van der Waals surface area contributed by atoms with Crippen molar-refractivity contribution in [3.63, 3.8) is 0 Å². The summed E-state index contributed by atoms with van der Waals surface area (Å²) in [7, 11) is 0. The molecule has 5 rings (SSSR count). The number of aromatic nitrogens is 3. The summed E-state index contributed by atoms with van der Waals surface area (Å²) < 4.78 is 20.6. The van der Waals surface area contributed by atoms with Crippen LogP contribution in [-0.4, -0.2) is 44.7 Å². The third kappa shape index (κ3) is 3.39. The molecule has 3 aromatic rings. The van der Waals surface area contributed by atoms with Crippen molar-refractivity contribution in [2.24, 2.45) is 0 Å². The van der Waals surface area contributed by atoms with Crippen LogP contribution in [0.4, 0.5) is 10.2 Å². The number of amides is 2. The molecule has 1 fully saturated rings. The highest BCUT2D eigenvalue weighted by Crippen LogP contribution is 2.41. The normalized spacial score (nSPS) is 17.8. The fourth-order valence-electron chi connectivity index (χ4n) is 4.59. The SMILES string of the molecule is Cc1cc(CN2C(=O)CC3(CCN(C(=O)c4cccc(F)c4)CC3)n3nccc32)no1. The van der Waals surface area contributed by atoms with Crippen LogP contribution in [-0.2, 0) is 16.9 Å². The average molecular weight is 423 g/mol. The number of nitrogens with zero attached hydrogens (tertiary/aromatic N) is 5. The molecular formula is C22H22FN5O3. The number of halogens is 1. The van der Waals surface area contributed by atoms with Crippen LogP contribution in [0, 0.1) is 12.7 Å². The molecule has 8 nitrogen and oxygen atoms in total. The molecule has 1 spiro atoms. The first-order valence-electron chi connectivity index (χ1n) is 10.3. The van der Waals surface area contributed by atoms with Gasteiger partial charge < -0.3 is 9.42 Å². The first-order valence-corrected chi connectivity index (χ1v) is 10.3. The molecule has 2 aliphatic rings. The number of anilines is 1. The van der Waals surface area contributed by atoms with E-state index in [1.54, 1.807) is 22.1 Å². The average Bonchev–Trinajstić information content (AvgIpc) is 3.41. The Labute approximate surface area is 178 Å². The van der Waals surface area contributed by atoms with E-state index >= 15 is 0 Å². The van der Waals surface area contributed by atoms with Crippen LogP contribution >= 0.6 is 0 Å². The Morgan fingerprint density at radius 3 is 2.74 bits per heavy atom. The molecule has 0 saturated carbocycles. The van der Waals surface area contributed by atoms with Gasteiger partial charge in [-0.05, 0) is 38.0 Å². The number of hydrogen-bond donors (Lipinski definition) is 0. The molecule has 0 bridgehead atoms. The van der Waals surface area contributed by atoms with Gasteiger partial charge in [-0.1, -0.05) is 11.2 Å². The van der Waals surface area contributed by atoms with Crippen LogP contribution < -0.4 is 4.90 Å². The van der Waals surface area contributed by atoms with Crippen molar-refractivity contribution in [2.75, 3.05) is 18.0 Å². The lowest BCUT2D eigenvalue weighted by molar-refractivity contribution is -0.123. The molecule has 0 radical (unpaired) electrons. The number of carbonyl (C=O) groups excluding carboxylic acids is 2. The van der Waals surface area contributed by atoms with Gasteiger partial charge in [0, 0.05) is 30.8 Å². The Bertz CT molecular complexity index is 1150. The highest BCUT2D eigenvalue weighted by atomic mass is 19.1. The molecule has 0 unspecified atom stereocenters. The van der Waals surface area contributed by atoms with Crippen LogP contribution in [0.1, 0.15) is 41.1 Å². The molecule has 9 heteroatoms. The Morgan fingerprint density at radius 2 is 2.03 bits per heavy atom. The minimum Gasteiger partial charge on any atom is -0.361 e. The molecule has 4 heterocycles. The minimum absolute atomic E-state index is 0.00133. The van der Waals surface area contributed by atoms with E-state index in [4.69, 9.17) is 4.52 Å². The second-order valence-electron chi connectivity index (χ2n) is 8.21. The van der Waals surface area contributed by atoms with Gasteiger partial charge in [-0.3, -0.25) is 14.5 Å². The van der Waals surface area contributed by atoms with Crippen LogP contribution in [0.3, 0.4) is 0 Å². The van der Waals surface area contributed by atoms with Crippen LogP contribution in [0.15, 0.2) is 47.1 Å². The Morgan fingerprint density at radius 1 is 1.23 bits per heavy atom. The number of aryl methyl sites for hydroxylation is 1. The molecule has 160 valence electrons. The number of carbonyl (C=O) groups is 2. The third-order valence-corrected chi connectivity index (χ3v) is 6.18. The summed E-state index contributed by atoms with van der Waals surface area (Å²) in [6.45, 7) is 3.09. The number of fused-ring (bicyclic) bond motifs is 2. The van der Waals surface area contributed by atoms with E-state index in [9.17, 15) is 14.0 Å². The third-order valence-electron chi connectivity index (χ3n) is 6.18. The fourth-order valence-corrected chi connectivity index (χ4v) is 4.59. The smallest absolute Gasteiger partial charge is 0.253 e. The van der Waals surface area contributed by atoms with Crippen LogP contribution in [0.2, 0.25) is 0 Å². The predicted molar refractivity (Wildman–Crippen MR) is 109 cm³/mol. The maximum absolute atomic E-state index is 13.5. The van der Waals surface area contributed by atoms with Gasteiger partial charge in [0.15, 0.2) is 0 Å². The fraction of sp³-hybridized carbons (Fsp3) is 0.364. The van der Waals surface area contributed by atoms with E-state index in [0.29, 0.717) is 55.9 Å². The first kappa shape index (κ1) is 19.5. The molecule has 0 aliphatic carbocycles. The topological polar surface area (TPSA) is 84.5 Å². The Kier molecular flexibility index (Phi) is 4.60. The standard InChI is InChI=1S/C22H22FN5O3/c1-15-11-18(25-31-15)14-27-19-5-8-24-28(19)22(13-20(27)29)6-9-26(10-7-22)21(30)16-3-2-4-17(23)12-16/h2-5,8,11-12H,6-7,9-10,13-14H2,1H3. The van der Waals surface area contributed by atoms with Gasteiger partial charge in [0.2, 0.25) is 5.91 Å². The van der Waals surface area contributed by atoms with Crippen molar-refractivity contribution >= 4 is 17.6 Å². The molecule has 1 saturated heterocycles. The van der Waals surface area contributed by atoms with Gasteiger partial charge >= 0.3 is 0 Å². The molecule has 2 aliphatic heterocycles. The second kappa shape index (κ2) is 7.33. The van der Waals surface area contributed by atoms with Crippen molar-refractivity contribution in [1.82, 2.24) is 19.8 Å². The lowest BCUT2D eigenvalue weighted by Crippen LogP contribution is -2.54. The summed E-state index contributed by atoms with van der Waals surface area (Å²) in [5.74, 6) is 0.793. The van der Waals surface area contributed by atoms with E-state index in [2.05, 4.69) is 10.3 Å². The molecule has 0 N–H and O–H groups in total. The molecule has 2 aromatic heterocycles. The maximum Gasteiger partial charge on any atom is 0.253 e. The molecule has 0 atom stereocenters. The lowest BCUT2D eigenvalue weighted by atomic mass is 9.82. The van der Waals surface area contributed by atoms with E-state index in [0.717, 1.165) is 5.82 Å². The monoisotopic (exact) mass is 423 g/mol. The zero-order valence-electron chi connectivity index (χ0n) is 17.1. The second-order valence-corrected chi connectivity index (χ2v) is 8.21. The number of benzene rings is 1. The van der Waals surface area contributed by atoms with Crippen LogP contribution in [0.25, 0.3) is 0 Å². The number of piperidine rings is 1. The van der Waals surface area contributed by atoms with E-state index in [-0.39, 0.29) is 11.8 Å². The quantitative estimate of drug-likeness (QED) is 0.647. The Balaban J connectivity index is 1.35. The van der Waals surface area contributed by atoms with Crippen molar-refractivity contribution in [1.29, 1.82) is 0 Å². The van der Waals surface area contributed by atoms with Crippen molar-refractivity contribution in [3.8, 4) is 0 Å².